The van der Waals surface area contributed by atoms with Gasteiger partial charge in [-0.2, -0.15) is 0 Å². The van der Waals surface area contributed by atoms with Crippen LogP contribution in [-0.4, -0.2) is 50.0 Å². The summed E-state index contributed by atoms with van der Waals surface area (Å²) in [6, 6.07) is 5.19. The number of nitrogens with two attached hydrogens (primary N) is 1. The molecule has 1 unspecified atom stereocenters. The third-order valence-corrected chi connectivity index (χ3v) is 3.77. The molecule has 1 aliphatic heterocycles. The minimum Gasteiger partial charge on any atom is -0.493 e. The highest BCUT2D eigenvalue weighted by atomic mass is 16.5. The van der Waals surface area contributed by atoms with Crippen LogP contribution in [0.15, 0.2) is 18.2 Å². The van der Waals surface area contributed by atoms with Gasteiger partial charge in [0.1, 0.15) is 6.10 Å². The summed E-state index contributed by atoms with van der Waals surface area (Å²) in [4.78, 5) is 2.30. The van der Waals surface area contributed by atoms with E-state index in [0.717, 1.165) is 31.5 Å². The highest BCUT2D eigenvalue weighted by Gasteiger charge is 2.20. The molecule has 5 nitrogen and oxygen atoms in total. The molecule has 0 amide bonds. The monoisotopic (exact) mass is 280 g/mol. The van der Waals surface area contributed by atoms with Gasteiger partial charge in [-0.25, -0.2) is 0 Å². The highest BCUT2D eigenvalue weighted by Crippen LogP contribution is 2.32. The van der Waals surface area contributed by atoms with Gasteiger partial charge in [0.15, 0.2) is 11.5 Å². The van der Waals surface area contributed by atoms with Gasteiger partial charge in [0.25, 0.3) is 0 Å². The Bertz CT molecular complexity index is 431. The van der Waals surface area contributed by atoms with Crippen LogP contribution in [0, 0.1) is 0 Å². The van der Waals surface area contributed by atoms with Crippen LogP contribution in [0.3, 0.4) is 0 Å². The maximum absolute atomic E-state index is 9.15. The van der Waals surface area contributed by atoms with E-state index in [-0.39, 0.29) is 18.8 Å². The Balaban J connectivity index is 2.11. The molecule has 0 bridgehead atoms. The van der Waals surface area contributed by atoms with Crippen LogP contribution in [0.2, 0.25) is 0 Å². The first-order valence-electron chi connectivity index (χ1n) is 7.03. The first-order chi connectivity index (χ1) is 9.63. The van der Waals surface area contributed by atoms with Crippen LogP contribution in [0.5, 0.6) is 11.5 Å². The third-order valence-electron chi connectivity index (χ3n) is 3.77. The van der Waals surface area contributed by atoms with Crippen molar-refractivity contribution < 1.29 is 14.6 Å². The molecule has 1 aromatic carbocycles. The fourth-order valence-corrected chi connectivity index (χ4v) is 2.40. The van der Waals surface area contributed by atoms with Crippen LogP contribution < -0.4 is 15.2 Å². The zero-order valence-electron chi connectivity index (χ0n) is 12.2. The fraction of sp³-hybridized carbons (Fsp3) is 0.600. The number of hydrogen-bond donors (Lipinski definition) is 2. The standard InChI is InChI=1S/C15H24N2O3/c1-17-7-5-12(6-8-17)20-15-9-11(13(16)10-18)3-4-14(15)19-2/h3-4,9,12-13,18H,5-8,10,16H2,1-2H3. The highest BCUT2D eigenvalue weighted by molar-refractivity contribution is 5.44. The predicted molar refractivity (Wildman–Crippen MR) is 78.2 cm³/mol. The van der Waals surface area contributed by atoms with E-state index >= 15 is 0 Å². The van der Waals surface area contributed by atoms with Crippen LogP contribution in [-0.2, 0) is 0 Å². The Morgan fingerprint density at radius 3 is 2.65 bits per heavy atom. The van der Waals surface area contributed by atoms with Crippen LogP contribution in [0.4, 0.5) is 0 Å². The summed E-state index contributed by atoms with van der Waals surface area (Å²) in [5, 5.41) is 9.15. The van der Waals surface area contributed by atoms with Gasteiger partial charge in [0.2, 0.25) is 0 Å². The van der Waals surface area contributed by atoms with Crippen LogP contribution in [0.1, 0.15) is 24.4 Å². The van der Waals surface area contributed by atoms with Gasteiger partial charge >= 0.3 is 0 Å². The van der Waals surface area contributed by atoms with Crippen molar-refractivity contribution in [3.05, 3.63) is 23.8 Å². The zero-order chi connectivity index (χ0) is 14.5. The molecule has 3 N–H and O–H groups in total. The van der Waals surface area contributed by atoms with E-state index in [9.17, 15) is 0 Å². The lowest BCUT2D eigenvalue weighted by Crippen LogP contribution is -2.35. The number of aliphatic hydroxyl groups is 1. The summed E-state index contributed by atoms with van der Waals surface area (Å²) in [7, 11) is 3.75. The van der Waals surface area contributed by atoms with Crippen molar-refractivity contribution in [1.82, 2.24) is 4.90 Å². The Hall–Kier alpha value is -1.30. The maximum atomic E-state index is 9.15. The number of piperidine rings is 1. The lowest BCUT2D eigenvalue weighted by Gasteiger charge is -2.30. The molecule has 2 rings (SSSR count). The number of nitrogens with zero attached hydrogens (tertiary/aromatic N) is 1. The normalized spacial score (nSPS) is 18.8. The Kier molecular flexibility index (Phi) is 5.23. The molecule has 1 heterocycles. The van der Waals surface area contributed by atoms with Crippen molar-refractivity contribution in [2.75, 3.05) is 33.9 Å². The van der Waals surface area contributed by atoms with Crippen molar-refractivity contribution in [1.29, 1.82) is 0 Å². The quantitative estimate of drug-likeness (QED) is 0.847. The minimum absolute atomic E-state index is 0.0833. The molecule has 0 saturated carbocycles. The topological polar surface area (TPSA) is 68.0 Å². The van der Waals surface area contributed by atoms with Gasteiger partial charge < -0.3 is 25.2 Å². The van der Waals surface area contributed by atoms with Crippen molar-refractivity contribution in [3.8, 4) is 11.5 Å². The third kappa shape index (κ3) is 3.62. The number of methoxy groups -OCH3 is 1. The van der Waals surface area contributed by atoms with Crippen molar-refractivity contribution in [2.24, 2.45) is 5.73 Å². The molecule has 1 fully saturated rings. The molecular formula is C15H24N2O3. The molecule has 1 atom stereocenters. The van der Waals surface area contributed by atoms with Crippen molar-refractivity contribution in [3.63, 3.8) is 0 Å². The average Bonchev–Trinajstić information content (AvgIpc) is 2.48. The lowest BCUT2D eigenvalue weighted by molar-refractivity contribution is 0.111. The number of hydrogen-bond acceptors (Lipinski definition) is 5. The summed E-state index contributed by atoms with van der Waals surface area (Å²) in [5.41, 5.74) is 6.71. The number of benzene rings is 1. The van der Waals surface area contributed by atoms with Crippen molar-refractivity contribution >= 4 is 0 Å². The first-order valence-corrected chi connectivity index (χ1v) is 7.03. The second-order valence-corrected chi connectivity index (χ2v) is 5.32. The fourth-order valence-electron chi connectivity index (χ4n) is 2.40. The summed E-state index contributed by atoms with van der Waals surface area (Å²) in [5.74, 6) is 1.42. The number of likely N-dealkylation sites (tertiary alicyclic amines) is 1. The average molecular weight is 280 g/mol. The van der Waals surface area contributed by atoms with Gasteiger partial charge in [0.05, 0.1) is 19.8 Å². The Labute approximate surface area is 120 Å². The first kappa shape index (κ1) is 15.1. The van der Waals surface area contributed by atoms with E-state index in [2.05, 4.69) is 11.9 Å². The molecule has 1 aromatic rings. The van der Waals surface area contributed by atoms with E-state index in [4.69, 9.17) is 20.3 Å². The molecule has 112 valence electrons. The van der Waals surface area contributed by atoms with Gasteiger partial charge in [-0.3, -0.25) is 0 Å². The molecule has 0 aromatic heterocycles. The summed E-state index contributed by atoms with van der Waals surface area (Å²) >= 11 is 0. The van der Waals surface area contributed by atoms with E-state index in [1.54, 1.807) is 7.11 Å². The number of rotatable bonds is 5. The summed E-state index contributed by atoms with van der Waals surface area (Å²) in [6.45, 7) is 2.01. The van der Waals surface area contributed by atoms with Gasteiger partial charge in [-0.1, -0.05) is 6.07 Å². The number of ether oxygens (including phenoxy) is 2. The van der Waals surface area contributed by atoms with Gasteiger partial charge in [0, 0.05) is 13.1 Å². The number of aliphatic hydroxyl groups excluding tert-OH is 1. The molecule has 20 heavy (non-hydrogen) atoms. The van der Waals surface area contributed by atoms with Gasteiger partial charge in [-0.15, -0.1) is 0 Å². The van der Waals surface area contributed by atoms with Crippen molar-refractivity contribution in [2.45, 2.75) is 25.0 Å². The summed E-state index contributed by atoms with van der Waals surface area (Å²) in [6.07, 6.45) is 2.23. The Morgan fingerprint density at radius 1 is 1.35 bits per heavy atom. The predicted octanol–water partition coefficient (Wildman–Crippen LogP) is 1.16. The largest absolute Gasteiger partial charge is 0.493 e. The molecule has 0 spiro atoms. The molecule has 0 aliphatic carbocycles. The molecule has 0 radical (unpaired) electrons. The molecular weight excluding hydrogens is 256 g/mol. The minimum atomic E-state index is -0.388. The zero-order valence-corrected chi connectivity index (χ0v) is 12.2. The SMILES string of the molecule is COc1ccc(C(N)CO)cc1OC1CCN(C)CC1. The molecule has 1 saturated heterocycles. The molecule has 5 heteroatoms. The van der Waals surface area contributed by atoms with E-state index in [0.29, 0.717) is 11.5 Å². The van der Waals surface area contributed by atoms with E-state index in [1.807, 2.05) is 18.2 Å². The van der Waals surface area contributed by atoms with Crippen LogP contribution >= 0.6 is 0 Å². The van der Waals surface area contributed by atoms with E-state index in [1.165, 1.54) is 0 Å². The second-order valence-electron chi connectivity index (χ2n) is 5.32. The van der Waals surface area contributed by atoms with E-state index < -0.39 is 0 Å². The maximum Gasteiger partial charge on any atom is 0.161 e. The summed E-state index contributed by atoms with van der Waals surface area (Å²) < 4.78 is 11.4. The van der Waals surface area contributed by atoms with Crippen LogP contribution in [0.25, 0.3) is 0 Å². The van der Waals surface area contributed by atoms with Gasteiger partial charge in [-0.05, 0) is 37.6 Å². The lowest BCUT2D eigenvalue weighted by atomic mass is 10.1. The molecule has 1 aliphatic rings. The Morgan fingerprint density at radius 2 is 2.05 bits per heavy atom. The smallest absolute Gasteiger partial charge is 0.161 e. The second kappa shape index (κ2) is 6.92.